The zero-order valence-electron chi connectivity index (χ0n) is 10.5. The summed E-state index contributed by atoms with van der Waals surface area (Å²) in [6, 6.07) is 8.58. The number of nitrogens with one attached hydrogen (secondary N) is 1. The van der Waals surface area contributed by atoms with Gasteiger partial charge in [-0.3, -0.25) is 0 Å². The van der Waals surface area contributed by atoms with E-state index in [9.17, 15) is 0 Å². The minimum atomic E-state index is 0.339. The molecule has 0 atom stereocenters. The Morgan fingerprint density at radius 3 is 2.65 bits per heavy atom. The van der Waals surface area contributed by atoms with Crippen molar-refractivity contribution in [3.8, 4) is 0 Å². The van der Waals surface area contributed by atoms with Crippen molar-refractivity contribution in [1.29, 1.82) is 0 Å². The van der Waals surface area contributed by atoms with Gasteiger partial charge in [0.25, 0.3) is 0 Å². The van der Waals surface area contributed by atoms with Gasteiger partial charge in [-0.15, -0.1) is 0 Å². The largest absolute Gasteiger partial charge is 0.396 e. The summed E-state index contributed by atoms with van der Waals surface area (Å²) in [6.45, 7) is 3.38. The lowest BCUT2D eigenvalue weighted by molar-refractivity contribution is 0.203. The van der Waals surface area contributed by atoms with Gasteiger partial charge in [-0.05, 0) is 37.4 Å². The molecule has 1 fully saturated rings. The molecule has 0 amide bonds. The Morgan fingerprint density at radius 2 is 2.00 bits per heavy atom. The fraction of sp³-hybridized carbons (Fsp3) is 0.571. The van der Waals surface area contributed by atoms with E-state index in [2.05, 4.69) is 34.5 Å². The topological polar surface area (TPSA) is 35.5 Å². The normalized spacial score (nSPS) is 17.4. The minimum absolute atomic E-state index is 0.339. The zero-order chi connectivity index (χ0) is 12.1. The molecule has 0 saturated carbocycles. The SMILES string of the molecule is CNCc1ccccc1N1CCC(CO)CC1. The van der Waals surface area contributed by atoms with Gasteiger partial charge in [0.05, 0.1) is 0 Å². The molecular weight excluding hydrogens is 212 g/mol. The number of benzene rings is 1. The van der Waals surface area contributed by atoms with Crippen LogP contribution in [0.2, 0.25) is 0 Å². The van der Waals surface area contributed by atoms with E-state index < -0.39 is 0 Å². The lowest BCUT2D eigenvalue weighted by atomic mass is 9.97. The van der Waals surface area contributed by atoms with Crippen LogP contribution < -0.4 is 10.2 Å². The molecule has 1 aliphatic heterocycles. The van der Waals surface area contributed by atoms with Gasteiger partial charge >= 0.3 is 0 Å². The molecule has 2 N–H and O–H groups in total. The van der Waals surface area contributed by atoms with E-state index in [1.807, 2.05) is 7.05 Å². The Labute approximate surface area is 103 Å². The van der Waals surface area contributed by atoms with Crippen molar-refractivity contribution in [2.75, 3.05) is 31.6 Å². The van der Waals surface area contributed by atoms with Gasteiger partial charge in [0, 0.05) is 31.9 Å². The molecule has 3 nitrogen and oxygen atoms in total. The Kier molecular flexibility index (Phi) is 4.40. The lowest BCUT2D eigenvalue weighted by Gasteiger charge is -2.34. The van der Waals surface area contributed by atoms with Crippen LogP contribution in [0.25, 0.3) is 0 Å². The Morgan fingerprint density at radius 1 is 1.29 bits per heavy atom. The van der Waals surface area contributed by atoms with Crippen LogP contribution in [0.4, 0.5) is 5.69 Å². The second-order valence-corrected chi connectivity index (χ2v) is 4.77. The molecule has 0 radical (unpaired) electrons. The highest BCUT2D eigenvalue weighted by Crippen LogP contribution is 2.26. The van der Waals surface area contributed by atoms with Crippen LogP contribution in [0.5, 0.6) is 0 Å². The van der Waals surface area contributed by atoms with Gasteiger partial charge in [-0.1, -0.05) is 18.2 Å². The predicted molar refractivity (Wildman–Crippen MR) is 71.2 cm³/mol. The molecule has 17 heavy (non-hydrogen) atoms. The maximum atomic E-state index is 9.16. The molecule has 2 rings (SSSR count). The molecule has 3 heteroatoms. The van der Waals surface area contributed by atoms with Gasteiger partial charge in [0.15, 0.2) is 0 Å². The monoisotopic (exact) mass is 234 g/mol. The number of hydrogen-bond donors (Lipinski definition) is 2. The highest BCUT2D eigenvalue weighted by Gasteiger charge is 2.19. The number of aliphatic hydroxyl groups excluding tert-OH is 1. The van der Waals surface area contributed by atoms with Crippen LogP contribution in [0.3, 0.4) is 0 Å². The van der Waals surface area contributed by atoms with Crippen molar-refractivity contribution in [2.24, 2.45) is 5.92 Å². The molecule has 1 heterocycles. The highest BCUT2D eigenvalue weighted by molar-refractivity contribution is 5.53. The van der Waals surface area contributed by atoms with Crippen LogP contribution in [0, 0.1) is 5.92 Å². The smallest absolute Gasteiger partial charge is 0.0460 e. The van der Waals surface area contributed by atoms with E-state index in [0.29, 0.717) is 12.5 Å². The third kappa shape index (κ3) is 2.99. The summed E-state index contributed by atoms with van der Waals surface area (Å²) < 4.78 is 0. The van der Waals surface area contributed by atoms with E-state index in [1.54, 1.807) is 0 Å². The molecular formula is C14H22N2O. The summed E-state index contributed by atoms with van der Waals surface area (Å²) >= 11 is 0. The van der Waals surface area contributed by atoms with Crippen LogP contribution in [-0.4, -0.2) is 31.9 Å². The zero-order valence-corrected chi connectivity index (χ0v) is 10.5. The van der Waals surface area contributed by atoms with Gasteiger partial charge in [0.1, 0.15) is 0 Å². The van der Waals surface area contributed by atoms with Crippen molar-refractivity contribution in [3.63, 3.8) is 0 Å². The number of hydrogen-bond acceptors (Lipinski definition) is 3. The molecule has 1 saturated heterocycles. The van der Waals surface area contributed by atoms with Crippen LogP contribution in [-0.2, 0) is 6.54 Å². The molecule has 94 valence electrons. The fourth-order valence-corrected chi connectivity index (χ4v) is 2.52. The third-order valence-corrected chi connectivity index (χ3v) is 3.57. The second kappa shape index (κ2) is 6.03. The molecule has 0 aliphatic carbocycles. The maximum absolute atomic E-state index is 9.16. The Bertz CT molecular complexity index is 346. The summed E-state index contributed by atoms with van der Waals surface area (Å²) in [5.74, 6) is 0.503. The van der Waals surface area contributed by atoms with Crippen molar-refractivity contribution < 1.29 is 5.11 Å². The average molecular weight is 234 g/mol. The van der Waals surface area contributed by atoms with Crippen LogP contribution in [0.1, 0.15) is 18.4 Å². The van der Waals surface area contributed by atoms with Gasteiger partial charge in [-0.2, -0.15) is 0 Å². The minimum Gasteiger partial charge on any atom is -0.396 e. The molecule has 0 aromatic heterocycles. The first-order valence-electron chi connectivity index (χ1n) is 6.43. The summed E-state index contributed by atoms with van der Waals surface area (Å²) in [4.78, 5) is 2.44. The third-order valence-electron chi connectivity index (χ3n) is 3.57. The van der Waals surface area contributed by atoms with E-state index in [4.69, 9.17) is 5.11 Å². The first-order chi connectivity index (χ1) is 8.35. The molecule has 1 aromatic carbocycles. The highest BCUT2D eigenvalue weighted by atomic mass is 16.3. The van der Waals surface area contributed by atoms with Crippen LogP contribution in [0.15, 0.2) is 24.3 Å². The quantitative estimate of drug-likeness (QED) is 0.831. The Balaban J connectivity index is 2.07. The molecule has 0 bridgehead atoms. The molecule has 0 unspecified atom stereocenters. The number of anilines is 1. The van der Waals surface area contributed by atoms with E-state index in [-0.39, 0.29) is 0 Å². The van der Waals surface area contributed by atoms with E-state index in [1.165, 1.54) is 11.3 Å². The summed E-state index contributed by atoms with van der Waals surface area (Å²) in [6.07, 6.45) is 2.20. The summed E-state index contributed by atoms with van der Waals surface area (Å²) in [5, 5.41) is 12.4. The Hall–Kier alpha value is -1.06. The van der Waals surface area contributed by atoms with Crippen molar-refractivity contribution in [2.45, 2.75) is 19.4 Å². The fourth-order valence-electron chi connectivity index (χ4n) is 2.52. The second-order valence-electron chi connectivity index (χ2n) is 4.77. The van der Waals surface area contributed by atoms with Gasteiger partial charge < -0.3 is 15.3 Å². The van der Waals surface area contributed by atoms with Gasteiger partial charge in [0.2, 0.25) is 0 Å². The molecule has 1 aromatic rings. The van der Waals surface area contributed by atoms with Crippen molar-refractivity contribution >= 4 is 5.69 Å². The lowest BCUT2D eigenvalue weighted by Crippen LogP contribution is -2.35. The van der Waals surface area contributed by atoms with Crippen molar-refractivity contribution in [1.82, 2.24) is 5.32 Å². The molecule has 1 aliphatic rings. The van der Waals surface area contributed by atoms with E-state index >= 15 is 0 Å². The van der Waals surface area contributed by atoms with Gasteiger partial charge in [-0.25, -0.2) is 0 Å². The summed E-state index contributed by atoms with van der Waals surface area (Å²) in [7, 11) is 1.98. The number of nitrogens with zero attached hydrogens (tertiary/aromatic N) is 1. The summed E-state index contributed by atoms with van der Waals surface area (Å²) in [5.41, 5.74) is 2.70. The standard InChI is InChI=1S/C14H22N2O/c1-15-10-13-4-2-3-5-14(13)16-8-6-12(11-17)7-9-16/h2-5,12,15,17H,6-11H2,1H3. The number of rotatable bonds is 4. The molecule has 0 spiro atoms. The van der Waals surface area contributed by atoms with Crippen LogP contribution >= 0.6 is 0 Å². The number of piperidine rings is 1. The van der Waals surface area contributed by atoms with E-state index in [0.717, 1.165) is 32.5 Å². The first-order valence-corrected chi connectivity index (χ1v) is 6.43. The average Bonchev–Trinajstić information content (AvgIpc) is 2.40. The van der Waals surface area contributed by atoms with Crippen molar-refractivity contribution in [3.05, 3.63) is 29.8 Å². The number of para-hydroxylation sites is 1. The first kappa shape index (κ1) is 12.4. The predicted octanol–water partition coefficient (Wildman–Crippen LogP) is 1.61. The number of aliphatic hydroxyl groups is 1. The maximum Gasteiger partial charge on any atom is 0.0460 e.